The highest BCUT2D eigenvalue weighted by Crippen LogP contribution is 2.20. The molecule has 0 aliphatic rings. The lowest BCUT2D eigenvalue weighted by Crippen LogP contribution is -2.31. The molecule has 0 N–H and O–H groups in total. The van der Waals surface area contributed by atoms with Gasteiger partial charge in [-0.05, 0) is 56.7 Å². The molecule has 3 rings (SSSR count). The third-order valence-corrected chi connectivity index (χ3v) is 4.43. The number of hydrogen-bond acceptors (Lipinski definition) is 4. The van der Waals surface area contributed by atoms with Crippen molar-refractivity contribution >= 4 is 17.5 Å². The predicted molar refractivity (Wildman–Crippen MR) is 101 cm³/mol. The molecule has 0 aliphatic carbocycles. The summed E-state index contributed by atoms with van der Waals surface area (Å²) in [6.45, 7) is 6.70. The molecule has 2 aromatic carbocycles. The molecular formula is C20H20ClN3O2. The van der Waals surface area contributed by atoms with E-state index in [2.05, 4.69) is 10.1 Å². The van der Waals surface area contributed by atoms with E-state index < -0.39 is 0 Å². The van der Waals surface area contributed by atoms with Gasteiger partial charge in [-0.1, -0.05) is 34.5 Å². The molecule has 5 nitrogen and oxygen atoms in total. The molecule has 0 spiro atoms. The molecule has 26 heavy (non-hydrogen) atoms. The molecule has 1 aromatic heterocycles. The van der Waals surface area contributed by atoms with Crippen LogP contribution in [0.25, 0.3) is 11.4 Å². The molecule has 6 heteroatoms. The third kappa shape index (κ3) is 3.94. The molecular weight excluding hydrogens is 350 g/mol. The molecule has 0 atom stereocenters. The molecule has 1 heterocycles. The summed E-state index contributed by atoms with van der Waals surface area (Å²) in [6.07, 6.45) is 0. The first-order valence-corrected chi connectivity index (χ1v) is 8.80. The topological polar surface area (TPSA) is 59.2 Å². The molecule has 0 aliphatic heterocycles. The highest BCUT2D eigenvalue weighted by atomic mass is 35.5. The van der Waals surface area contributed by atoms with E-state index in [9.17, 15) is 4.79 Å². The minimum atomic E-state index is -0.0451. The fraction of sp³-hybridized carbons (Fsp3) is 0.250. The smallest absolute Gasteiger partial charge is 0.254 e. The van der Waals surface area contributed by atoms with E-state index in [1.165, 1.54) is 0 Å². The Bertz CT molecular complexity index is 919. The van der Waals surface area contributed by atoms with Crippen LogP contribution in [0.5, 0.6) is 0 Å². The van der Waals surface area contributed by atoms with Crippen molar-refractivity contribution in [1.82, 2.24) is 15.0 Å². The molecule has 0 bridgehead atoms. The van der Waals surface area contributed by atoms with Crippen LogP contribution in [0.1, 0.15) is 34.3 Å². The van der Waals surface area contributed by atoms with Crippen molar-refractivity contribution in [1.29, 1.82) is 0 Å². The summed E-state index contributed by atoms with van der Waals surface area (Å²) in [5.74, 6) is 0.831. The molecule has 0 saturated carbocycles. The van der Waals surface area contributed by atoms with Gasteiger partial charge in [0.15, 0.2) is 0 Å². The number of aryl methyl sites for hydroxylation is 2. The van der Waals surface area contributed by atoms with Crippen molar-refractivity contribution in [3.05, 3.63) is 70.1 Å². The van der Waals surface area contributed by atoms with Crippen molar-refractivity contribution in [2.75, 3.05) is 6.54 Å². The van der Waals surface area contributed by atoms with E-state index in [-0.39, 0.29) is 12.5 Å². The molecule has 0 radical (unpaired) electrons. The standard InChI is InChI=1S/C20H20ClN3O2/c1-4-24(20(25)17-10-5-13(2)11-14(17)3)12-18-22-19(23-26-18)15-6-8-16(21)9-7-15/h5-11H,4,12H2,1-3H3. The summed E-state index contributed by atoms with van der Waals surface area (Å²) in [6, 6.07) is 13.0. The first kappa shape index (κ1) is 18.1. The van der Waals surface area contributed by atoms with Crippen molar-refractivity contribution in [3.63, 3.8) is 0 Å². The summed E-state index contributed by atoms with van der Waals surface area (Å²) >= 11 is 5.90. The maximum absolute atomic E-state index is 12.8. The maximum Gasteiger partial charge on any atom is 0.254 e. The summed E-state index contributed by atoms with van der Waals surface area (Å²) in [5, 5.41) is 4.64. The second-order valence-corrected chi connectivity index (χ2v) is 6.59. The normalized spacial score (nSPS) is 10.8. The first-order chi connectivity index (χ1) is 12.5. The summed E-state index contributed by atoms with van der Waals surface area (Å²) < 4.78 is 5.33. The van der Waals surface area contributed by atoms with Crippen LogP contribution in [0.2, 0.25) is 5.02 Å². The van der Waals surface area contributed by atoms with Gasteiger partial charge >= 0.3 is 0 Å². The van der Waals surface area contributed by atoms with Crippen molar-refractivity contribution < 1.29 is 9.32 Å². The number of benzene rings is 2. The summed E-state index contributed by atoms with van der Waals surface area (Å²) in [5.41, 5.74) is 3.59. The zero-order valence-electron chi connectivity index (χ0n) is 15.0. The van der Waals surface area contributed by atoms with Gasteiger partial charge in [-0.2, -0.15) is 4.98 Å². The number of nitrogens with zero attached hydrogens (tertiary/aromatic N) is 3. The van der Waals surface area contributed by atoms with Gasteiger partial charge in [0.1, 0.15) is 6.54 Å². The third-order valence-electron chi connectivity index (χ3n) is 4.18. The Morgan fingerprint density at radius 1 is 1.15 bits per heavy atom. The number of halogens is 1. The largest absolute Gasteiger partial charge is 0.337 e. The lowest BCUT2D eigenvalue weighted by Gasteiger charge is -2.20. The van der Waals surface area contributed by atoms with Gasteiger partial charge in [0.25, 0.3) is 5.91 Å². The highest BCUT2D eigenvalue weighted by Gasteiger charge is 2.19. The number of amides is 1. The van der Waals surface area contributed by atoms with Crippen LogP contribution >= 0.6 is 11.6 Å². The van der Waals surface area contributed by atoms with Gasteiger partial charge in [0.2, 0.25) is 11.7 Å². The van der Waals surface area contributed by atoms with Crippen molar-refractivity contribution in [3.8, 4) is 11.4 Å². The zero-order valence-corrected chi connectivity index (χ0v) is 15.7. The predicted octanol–water partition coefficient (Wildman–Crippen LogP) is 4.67. The van der Waals surface area contributed by atoms with Crippen LogP contribution in [0, 0.1) is 13.8 Å². The van der Waals surface area contributed by atoms with Gasteiger partial charge < -0.3 is 9.42 Å². The van der Waals surface area contributed by atoms with E-state index in [1.807, 2.05) is 51.1 Å². The van der Waals surface area contributed by atoms with Crippen LogP contribution in [0.4, 0.5) is 0 Å². The van der Waals surface area contributed by atoms with Crippen LogP contribution in [-0.2, 0) is 6.54 Å². The average Bonchev–Trinajstić information content (AvgIpc) is 3.08. The SMILES string of the molecule is CCN(Cc1nc(-c2ccc(Cl)cc2)no1)C(=O)c1ccc(C)cc1C. The zero-order chi connectivity index (χ0) is 18.7. The van der Waals surface area contributed by atoms with E-state index in [1.54, 1.807) is 17.0 Å². The molecule has 134 valence electrons. The van der Waals surface area contributed by atoms with Crippen molar-refractivity contribution in [2.24, 2.45) is 0 Å². The maximum atomic E-state index is 12.8. The number of rotatable bonds is 5. The van der Waals surface area contributed by atoms with E-state index in [0.29, 0.717) is 28.8 Å². The van der Waals surface area contributed by atoms with E-state index >= 15 is 0 Å². The minimum Gasteiger partial charge on any atom is -0.337 e. The summed E-state index contributed by atoms with van der Waals surface area (Å²) in [7, 11) is 0. The quantitative estimate of drug-likeness (QED) is 0.655. The Morgan fingerprint density at radius 2 is 1.88 bits per heavy atom. The van der Waals surface area contributed by atoms with Gasteiger partial charge in [-0.15, -0.1) is 0 Å². The van der Waals surface area contributed by atoms with Crippen LogP contribution in [0.15, 0.2) is 47.0 Å². The molecule has 0 saturated heterocycles. The Balaban J connectivity index is 1.78. The Labute approximate surface area is 157 Å². The Kier molecular flexibility index (Phi) is 5.38. The van der Waals surface area contributed by atoms with Gasteiger partial charge in [0.05, 0.1) is 0 Å². The molecule has 3 aromatic rings. The molecule has 1 amide bonds. The average molecular weight is 370 g/mol. The minimum absolute atomic E-state index is 0.0451. The monoisotopic (exact) mass is 369 g/mol. The van der Waals surface area contributed by atoms with Gasteiger partial charge in [-0.3, -0.25) is 4.79 Å². The highest BCUT2D eigenvalue weighted by molar-refractivity contribution is 6.30. The molecule has 0 unspecified atom stereocenters. The second kappa shape index (κ2) is 7.70. The van der Waals surface area contributed by atoms with E-state index in [0.717, 1.165) is 16.7 Å². The van der Waals surface area contributed by atoms with Crippen LogP contribution in [-0.4, -0.2) is 27.5 Å². The Hall–Kier alpha value is -2.66. The van der Waals surface area contributed by atoms with Crippen LogP contribution < -0.4 is 0 Å². The van der Waals surface area contributed by atoms with Gasteiger partial charge in [-0.25, -0.2) is 0 Å². The fourth-order valence-electron chi connectivity index (χ4n) is 2.75. The van der Waals surface area contributed by atoms with Crippen molar-refractivity contribution in [2.45, 2.75) is 27.3 Å². The second-order valence-electron chi connectivity index (χ2n) is 6.16. The Morgan fingerprint density at radius 3 is 2.54 bits per heavy atom. The fourth-order valence-corrected chi connectivity index (χ4v) is 2.88. The number of carbonyl (C=O) groups excluding carboxylic acids is 1. The summed E-state index contributed by atoms with van der Waals surface area (Å²) in [4.78, 5) is 18.9. The lowest BCUT2D eigenvalue weighted by atomic mass is 10.0. The number of hydrogen-bond donors (Lipinski definition) is 0. The first-order valence-electron chi connectivity index (χ1n) is 8.43. The molecule has 0 fully saturated rings. The number of aromatic nitrogens is 2. The number of carbonyl (C=O) groups is 1. The van der Waals surface area contributed by atoms with Crippen LogP contribution in [0.3, 0.4) is 0 Å². The lowest BCUT2D eigenvalue weighted by molar-refractivity contribution is 0.0734. The van der Waals surface area contributed by atoms with E-state index in [4.69, 9.17) is 16.1 Å². The van der Waals surface area contributed by atoms with Gasteiger partial charge in [0, 0.05) is 22.7 Å².